The normalized spacial score (nSPS) is 18.3. The van der Waals surface area contributed by atoms with Gasteiger partial charge >= 0.3 is 6.09 Å². The number of nitrogens with one attached hydrogen (secondary N) is 1. The van der Waals surface area contributed by atoms with Crippen molar-refractivity contribution in [2.45, 2.75) is 52.7 Å². The molecule has 0 atom stereocenters. The van der Waals surface area contributed by atoms with Crippen LogP contribution in [0.2, 0.25) is 0 Å². The molecular weight excluding hydrogens is 298 g/mol. The molecule has 0 aliphatic carbocycles. The number of aromatic nitrogens is 1. The number of amides is 1. The summed E-state index contributed by atoms with van der Waals surface area (Å²) in [5.41, 5.74) is 1.68. The van der Waals surface area contributed by atoms with Crippen LogP contribution in [-0.4, -0.2) is 41.2 Å². The number of likely N-dealkylation sites (tertiary alicyclic amines) is 1. The molecule has 2 rings (SSSR count). The zero-order valence-corrected chi connectivity index (χ0v) is 14.8. The second kappa shape index (κ2) is 6.96. The molecule has 1 aromatic heterocycles. The number of hydrogen-bond acceptors (Lipinski definition) is 5. The molecule has 1 N–H and O–H groups in total. The summed E-state index contributed by atoms with van der Waals surface area (Å²) in [6, 6.07) is 0. The summed E-state index contributed by atoms with van der Waals surface area (Å²) in [7, 11) is 0. The van der Waals surface area contributed by atoms with E-state index in [0.29, 0.717) is 0 Å². The Morgan fingerprint density at radius 2 is 2.14 bits per heavy atom. The molecule has 1 aliphatic rings. The molecule has 2 heterocycles. The fraction of sp³-hybridized carbons (Fsp3) is 0.750. The molecule has 0 radical (unpaired) electrons. The zero-order valence-electron chi connectivity index (χ0n) is 14.0. The van der Waals surface area contributed by atoms with Gasteiger partial charge in [-0.25, -0.2) is 4.79 Å². The molecule has 1 aliphatic heterocycles. The summed E-state index contributed by atoms with van der Waals surface area (Å²) in [4.78, 5) is 19.2. The van der Waals surface area contributed by atoms with Crippen LogP contribution in [0.4, 0.5) is 4.79 Å². The van der Waals surface area contributed by atoms with Crippen molar-refractivity contribution in [3.8, 4) is 0 Å². The number of hydrogen-bond donors (Lipinski definition) is 1. The van der Waals surface area contributed by atoms with Crippen molar-refractivity contribution in [3.05, 3.63) is 16.6 Å². The summed E-state index contributed by atoms with van der Waals surface area (Å²) in [6.07, 6.45) is 3.72. The summed E-state index contributed by atoms with van der Waals surface area (Å²) in [5, 5.41) is 3.52. The quantitative estimate of drug-likeness (QED) is 0.923. The number of nitrogens with zero attached hydrogens (tertiary/aromatic N) is 2. The van der Waals surface area contributed by atoms with E-state index in [1.165, 1.54) is 4.88 Å². The lowest BCUT2D eigenvalue weighted by Crippen LogP contribution is -2.47. The fourth-order valence-electron chi connectivity index (χ4n) is 2.55. The lowest BCUT2D eigenvalue weighted by Gasteiger charge is -2.39. The van der Waals surface area contributed by atoms with Gasteiger partial charge in [0.25, 0.3) is 0 Å². The van der Waals surface area contributed by atoms with Crippen molar-refractivity contribution in [1.29, 1.82) is 0 Å². The average Bonchev–Trinajstić information content (AvgIpc) is 2.90. The van der Waals surface area contributed by atoms with Crippen LogP contribution in [-0.2, 0) is 11.3 Å². The Morgan fingerprint density at radius 3 is 2.68 bits per heavy atom. The molecule has 22 heavy (non-hydrogen) atoms. The SMILES string of the molecule is CC1(CNCc2cncs2)CCN(C(=O)OC(C)(C)C)CC1. The predicted octanol–water partition coefficient (Wildman–Crippen LogP) is 3.27. The molecule has 6 heteroatoms. The van der Waals surface area contributed by atoms with Gasteiger partial charge in [-0.1, -0.05) is 6.92 Å². The highest BCUT2D eigenvalue weighted by Crippen LogP contribution is 2.30. The highest BCUT2D eigenvalue weighted by Gasteiger charge is 2.33. The van der Waals surface area contributed by atoms with Crippen molar-refractivity contribution < 1.29 is 9.53 Å². The van der Waals surface area contributed by atoms with Gasteiger partial charge in [-0.2, -0.15) is 0 Å². The predicted molar refractivity (Wildman–Crippen MR) is 89.0 cm³/mol. The number of piperidine rings is 1. The van der Waals surface area contributed by atoms with E-state index in [0.717, 1.165) is 39.0 Å². The summed E-state index contributed by atoms with van der Waals surface area (Å²) < 4.78 is 5.44. The van der Waals surface area contributed by atoms with Crippen LogP contribution in [0.25, 0.3) is 0 Å². The zero-order chi connectivity index (χ0) is 16.2. The van der Waals surface area contributed by atoms with Gasteiger partial charge in [-0.05, 0) is 39.0 Å². The van der Waals surface area contributed by atoms with Gasteiger partial charge in [0, 0.05) is 37.3 Å². The first-order valence-corrected chi connectivity index (χ1v) is 8.71. The molecule has 0 saturated carbocycles. The third-order valence-electron chi connectivity index (χ3n) is 3.96. The van der Waals surface area contributed by atoms with E-state index in [2.05, 4.69) is 17.2 Å². The van der Waals surface area contributed by atoms with E-state index in [1.807, 2.05) is 37.4 Å². The van der Waals surface area contributed by atoms with E-state index >= 15 is 0 Å². The molecular formula is C16H27N3O2S. The van der Waals surface area contributed by atoms with E-state index in [4.69, 9.17) is 4.74 Å². The second-order valence-corrected chi connectivity index (χ2v) is 8.32. The van der Waals surface area contributed by atoms with Crippen molar-refractivity contribution in [1.82, 2.24) is 15.2 Å². The first-order valence-electron chi connectivity index (χ1n) is 7.83. The van der Waals surface area contributed by atoms with Crippen LogP contribution in [0, 0.1) is 5.41 Å². The number of rotatable bonds is 4. The minimum Gasteiger partial charge on any atom is -0.444 e. The monoisotopic (exact) mass is 325 g/mol. The van der Waals surface area contributed by atoms with Gasteiger partial charge in [0.15, 0.2) is 0 Å². The van der Waals surface area contributed by atoms with E-state index < -0.39 is 5.60 Å². The smallest absolute Gasteiger partial charge is 0.410 e. The molecule has 5 nitrogen and oxygen atoms in total. The minimum absolute atomic E-state index is 0.188. The largest absolute Gasteiger partial charge is 0.444 e. The lowest BCUT2D eigenvalue weighted by atomic mass is 9.80. The van der Waals surface area contributed by atoms with Gasteiger partial charge in [0.1, 0.15) is 5.60 Å². The Hall–Kier alpha value is -1.14. The number of thiazole rings is 1. The highest BCUT2D eigenvalue weighted by molar-refractivity contribution is 7.09. The Labute approximate surface area is 137 Å². The summed E-state index contributed by atoms with van der Waals surface area (Å²) in [6.45, 7) is 11.4. The number of carbonyl (C=O) groups excluding carboxylic acids is 1. The molecule has 0 bridgehead atoms. The van der Waals surface area contributed by atoms with E-state index in [9.17, 15) is 4.79 Å². The van der Waals surface area contributed by atoms with Crippen LogP contribution < -0.4 is 5.32 Å². The lowest BCUT2D eigenvalue weighted by molar-refractivity contribution is 0.0119. The third kappa shape index (κ3) is 5.25. The number of carbonyl (C=O) groups is 1. The minimum atomic E-state index is -0.422. The van der Waals surface area contributed by atoms with E-state index in [1.54, 1.807) is 11.3 Å². The van der Waals surface area contributed by atoms with E-state index in [-0.39, 0.29) is 11.5 Å². The Morgan fingerprint density at radius 1 is 1.45 bits per heavy atom. The molecule has 0 spiro atoms. The molecule has 124 valence electrons. The molecule has 1 saturated heterocycles. The van der Waals surface area contributed by atoms with Gasteiger partial charge in [0.05, 0.1) is 5.51 Å². The Bertz CT molecular complexity index is 474. The first-order chi connectivity index (χ1) is 10.3. The summed E-state index contributed by atoms with van der Waals surface area (Å²) in [5.74, 6) is 0. The third-order valence-corrected chi connectivity index (χ3v) is 4.74. The summed E-state index contributed by atoms with van der Waals surface area (Å²) >= 11 is 1.67. The van der Waals surface area contributed by atoms with Crippen molar-refractivity contribution in [3.63, 3.8) is 0 Å². The van der Waals surface area contributed by atoms with Crippen LogP contribution in [0.5, 0.6) is 0 Å². The van der Waals surface area contributed by atoms with Crippen molar-refractivity contribution >= 4 is 17.4 Å². The fourth-order valence-corrected chi connectivity index (χ4v) is 3.11. The second-order valence-electron chi connectivity index (χ2n) is 7.35. The standard InChI is InChI=1S/C16H27N3O2S/c1-15(2,3)21-14(20)19-7-5-16(4,6-8-19)11-17-9-13-10-18-12-22-13/h10,12,17H,5-9,11H2,1-4H3. The molecule has 0 aromatic carbocycles. The van der Waals surface area contributed by atoms with Crippen molar-refractivity contribution in [2.75, 3.05) is 19.6 Å². The van der Waals surface area contributed by atoms with Crippen LogP contribution in [0.3, 0.4) is 0 Å². The highest BCUT2D eigenvalue weighted by atomic mass is 32.1. The van der Waals surface area contributed by atoms with Gasteiger partial charge in [-0.15, -0.1) is 11.3 Å². The molecule has 1 amide bonds. The Balaban J connectivity index is 1.74. The average molecular weight is 325 g/mol. The number of ether oxygens (including phenoxy) is 1. The Kier molecular flexibility index (Phi) is 5.45. The van der Waals surface area contributed by atoms with Gasteiger partial charge < -0.3 is 15.0 Å². The van der Waals surface area contributed by atoms with Crippen molar-refractivity contribution in [2.24, 2.45) is 5.41 Å². The first kappa shape index (κ1) is 17.2. The maximum atomic E-state index is 12.1. The topological polar surface area (TPSA) is 54.5 Å². The maximum Gasteiger partial charge on any atom is 0.410 e. The van der Waals surface area contributed by atoms with Crippen LogP contribution in [0.1, 0.15) is 45.4 Å². The maximum absolute atomic E-state index is 12.1. The molecule has 1 aromatic rings. The van der Waals surface area contributed by atoms with Gasteiger partial charge in [0.2, 0.25) is 0 Å². The van der Waals surface area contributed by atoms with Gasteiger partial charge in [-0.3, -0.25) is 4.98 Å². The molecule has 1 fully saturated rings. The van der Waals surface area contributed by atoms with Crippen LogP contribution >= 0.6 is 11.3 Å². The van der Waals surface area contributed by atoms with Crippen LogP contribution in [0.15, 0.2) is 11.7 Å². The molecule has 0 unspecified atom stereocenters.